The van der Waals surface area contributed by atoms with E-state index in [0.717, 1.165) is 11.5 Å². The molecule has 0 radical (unpaired) electrons. The smallest absolute Gasteiger partial charge is 0.129 e. The van der Waals surface area contributed by atoms with Crippen molar-refractivity contribution in [3.63, 3.8) is 0 Å². The predicted octanol–water partition coefficient (Wildman–Crippen LogP) is -0.469. The Hall–Kier alpha value is -1.20. The minimum atomic E-state index is -0.612. The normalized spacial score (nSPS) is 18.7. The van der Waals surface area contributed by atoms with Crippen molar-refractivity contribution in [3.05, 3.63) is 18.1 Å². The predicted molar refractivity (Wildman–Crippen MR) is 53.1 cm³/mol. The molecule has 0 aromatic carbocycles. The number of nitrogens with one attached hydrogen (secondary N) is 2. The van der Waals surface area contributed by atoms with Gasteiger partial charge in [-0.2, -0.15) is 0 Å². The van der Waals surface area contributed by atoms with Crippen LogP contribution in [0.5, 0.6) is 0 Å². The second kappa shape index (κ2) is 3.51. The molecule has 0 bridgehead atoms. The number of aliphatic hydroxyl groups is 1. The summed E-state index contributed by atoms with van der Waals surface area (Å²) in [5.41, 5.74) is 0.306. The first-order chi connectivity index (χ1) is 6.68. The van der Waals surface area contributed by atoms with E-state index in [9.17, 15) is 5.11 Å². The number of β-amino-alcohol motifs (C(OH)–C–C–N with tert-alkyl or cyclic N) is 1. The summed E-state index contributed by atoms with van der Waals surface area (Å²) in [6, 6.07) is 1.86. The zero-order chi connectivity index (χ0) is 10.0. The highest BCUT2D eigenvalue weighted by atomic mass is 16.3. The first-order valence-electron chi connectivity index (χ1n) is 4.64. The fourth-order valence-corrected chi connectivity index (χ4v) is 1.34. The van der Waals surface area contributed by atoms with Crippen LogP contribution in [0.1, 0.15) is 5.69 Å². The molecule has 0 aliphatic carbocycles. The molecular weight excluding hydrogens is 180 g/mol. The molecule has 1 aliphatic heterocycles. The highest BCUT2D eigenvalue weighted by molar-refractivity contribution is 5.35. The topological polar surface area (TPSA) is 70.1 Å². The van der Waals surface area contributed by atoms with Gasteiger partial charge in [0.05, 0.1) is 0 Å². The Morgan fingerprint density at radius 1 is 1.57 bits per heavy atom. The summed E-state index contributed by atoms with van der Waals surface area (Å²) in [4.78, 5) is 8.04. The third-order valence-electron chi connectivity index (χ3n) is 2.31. The van der Waals surface area contributed by atoms with Gasteiger partial charge in [0.25, 0.3) is 0 Å². The van der Waals surface area contributed by atoms with Crippen LogP contribution in [-0.4, -0.2) is 40.3 Å². The Labute approximate surface area is 82.6 Å². The number of nitrogens with zero attached hydrogens (tertiary/aromatic N) is 2. The Morgan fingerprint density at radius 3 is 2.93 bits per heavy atom. The van der Waals surface area contributed by atoms with E-state index in [1.807, 2.05) is 13.0 Å². The molecule has 76 valence electrons. The summed E-state index contributed by atoms with van der Waals surface area (Å²) in [5.74, 6) is 0.762. The molecule has 0 unspecified atom stereocenters. The van der Waals surface area contributed by atoms with Gasteiger partial charge in [-0.05, 0) is 6.92 Å². The van der Waals surface area contributed by atoms with Crippen molar-refractivity contribution < 1.29 is 5.11 Å². The van der Waals surface area contributed by atoms with Crippen molar-refractivity contribution in [2.75, 3.05) is 25.0 Å². The number of rotatable bonds is 3. The van der Waals surface area contributed by atoms with Crippen molar-refractivity contribution in [1.29, 1.82) is 0 Å². The quantitative estimate of drug-likeness (QED) is 0.607. The zero-order valence-corrected chi connectivity index (χ0v) is 8.12. The van der Waals surface area contributed by atoms with Gasteiger partial charge in [0, 0.05) is 31.4 Å². The molecule has 0 spiro atoms. The molecule has 0 atom stereocenters. The van der Waals surface area contributed by atoms with Crippen LogP contribution >= 0.6 is 0 Å². The van der Waals surface area contributed by atoms with Gasteiger partial charge in [-0.1, -0.05) is 0 Å². The largest absolute Gasteiger partial charge is 0.385 e. The van der Waals surface area contributed by atoms with Gasteiger partial charge in [-0.3, -0.25) is 0 Å². The van der Waals surface area contributed by atoms with Crippen LogP contribution < -0.4 is 10.6 Å². The minimum absolute atomic E-state index is 0.524. The SMILES string of the molecule is Cc1cc(NCC2(O)CNC2)ncn1. The number of aromatic nitrogens is 2. The highest BCUT2D eigenvalue weighted by Crippen LogP contribution is 2.11. The second-order valence-corrected chi connectivity index (χ2v) is 3.73. The maximum atomic E-state index is 9.77. The first-order valence-corrected chi connectivity index (χ1v) is 4.64. The van der Waals surface area contributed by atoms with E-state index in [1.54, 1.807) is 0 Å². The van der Waals surface area contributed by atoms with E-state index < -0.39 is 5.60 Å². The highest BCUT2D eigenvalue weighted by Gasteiger charge is 2.33. The lowest BCUT2D eigenvalue weighted by atomic mass is 9.97. The lowest BCUT2D eigenvalue weighted by Gasteiger charge is -2.37. The van der Waals surface area contributed by atoms with Crippen molar-refractivity contribution in [3.8, 4) is 0 Å². The van der Waals surface area contributed by atoms with Crippen molar-refractivity contribution >= 4 is 5.82 Å². The van der Waals surface area contributed by atoms with Gasteiger partial charge in [0.15, 0.2) is 0 Å². The number of aryl methyl sites for hydroxylation is 1. The number of anilines is 1. The number of hydrogen-bond donors (Lipinski definition) is 3. The maximum Gasteiger partial charge on any atom is 0.129 e. The molecule has 1 aromatic rings. The molecule has 1 fully saturated rings. The van der Waals surface area contributed by atoms with Crippen LogP contribution in [0.2, 0.25) is 0 Å². The van der Waals surface area contributed by atoms with Gasteiger partial charge in [-0.15, -0.1) is 0 Å². The molecule has 0 amide bonds. The first kappa shape index (κ1) is 9.36. The second-order valence-electron chi connectivity index (χ2n) is 3.73. The summed E-state index contributed by atoms with van der Waals surface area (Å²) in [7, 11) is 0. The van der Waals surface area contributed by atoms with E-state index in [2.05, 4.69) is 20.6 Å². The molecule has 0 saturated carbocycles. The third-order valence-corrected chi connectivity index (χ3v) is 2.31. The van der Waals surface area contributed by atoms with E-state index >= 15 is 0 Å². The molecule has 2 rings (SSSR count). The molecule has 3 N–H and O–H groups in total. The average molecular weight is 194 g/mol. The maximum absolute atomic E-state index is 9.77. The minimum Gasteiger partial charge on any atom is -0.385 e. The van der Waals surface area contributed by atoms with Crippen LogP contribution in [0, 0.1) is 6.92 Å². The van der Waals surface area contributed by atoms with E-state index in [0.29, 0.717) is 19.6 Å². The van der Waals surface area contributed by atoms with Gasteiger partial charge >= 0.3 is 0 Å². The summed E-state index contributed by atoms with van der Waals surface area (Å²) in [5, 5.41) is 15.9. The number of hydrogen-bond acceptors (Lipinski definition) is 5. The Balaban J connectivity index is 1.91. The standard InChI is InChI=1S/C9H14N4O/c1-7-2-8(13-6-12-7)11-5-9(14)3-10-4-9/h2,6,10,14H,3-5H2,1H3,(H,11,12,13). The zero-order valence-electron chi connectivity index (χ0n) is 8.12. The summed E-state index contributed by atoms with van der Waals surface area (Å²) < 4.78 is 0. The van der Waals surface area contributed by atoms with Gasteiger partial charge in [0.2, 0.25) is 0 Å². The van der Waals surface area contributed by atoms with Gasteiger partial charge < -0.3 is 15.7 Å². The molecule has 1 aromatic heterocycles. The lowest BCUT2D eigenvalue weighted by Crippen LogP contribution is -2.63. The van der Waals surface area contributed by atoms with Crippen LogP contribution in [0.3, 0.4) is 0 Å². The Morgan fingerprint density at radius 2 is 2.36 bits per heavy atom. The van der Waals surface area contributed by atoms with Gasteiger partial charge in [0.1, 0.15) is 17.7 Å². The molecule has 2 heterocycles. The fourth-order valence-electron chi connectivity index (χ4n) is 1.34. The van der Waals surface area contributed by atoms with Crippen molar-refractivity contribution in [2.45, 2.75) is 12.5 Å². The van der Waals surface area contributed by atoms with Gasteiger partial charge in [-0.25, -0.2) is 9.97 Å². The molecule has 1 saturated heterocycles. The third kappa shape index (κ3) is 2.00. The Kier molecular flexibility index (Phi) is 2.35. The molecule has 5 heteroatoms. The van der Waals surface area contributed by atoms with E-state index in [1.165, 1.54) is 6.33 Å². The Bertz CT molecular complexity index is 324. The van der Waals surface area contributed by atoms with E-state index in [4.69, 9.17) is 0 Å². The average Bonchev–Trinajstić information content (AvgIpc) is 2.12. The monoisotopic (exact) mass is 194 g/mol. The summed E-state index contributed by atoms with van der Waals surface area (Å²) >= 11 is 0. The van der Waals surface area contributed by atoms with Crippen LogP contribution in [0.25, 0.3) is 0 Å². The fraction of sp³-hybridized carbons (Fsp3) is 0.556. The van der Waals surface area contributed by atoms with Crippen molar-refractivity contribution in [1.82, 2.24) is 15.3 Å². The molecule has 1 aliphatic rings. The lowest BCUT2D eigenvalue weighted by molar-refractivity contribution is 0.00306. The van der Waals surface area contributed by atoms with Crippen molar-refractivity contribution in [2.24, 2.45) is 0 Å². The van der Waals surface area contributed by atoms with Crippen LogP contribution in [0.15, 0.2) is 12.4 Å². The molecular formula is C9H14N4O. The summed E-state index contributed by atoms with van der Waals surface area (Å²) in [6.07, 6.45) is 1.51. The van der Waals surface area contributed by atoms with E-state index in [-0.39, 0.29) is 0 Å². The van der Waals surface area contributed by atoms with Crippen LogP contribution in [0.4, 0.5) is 5.82 Å². The molecule has 14 heavy (non-hydrogen) atoms. The van der Waals surface area contributed by atoms with Crippen LogP contribution in [-0.2, 0) is 0 Å². The summed E-state index contributed by atoms with van der Waals surface area (Å²) in [6.45, 7) is 3.72. The molecule has 5 nitrogen and oxygen atoms in total.